The number of aromatic amines is 1. The average molecular weight is 371 g/mol. The van der Waals surface area contributed by atoms with Crippen molar-refractivity contribution in [2.45, 2.75) is 31.8 Å². The fraction of sp³-hybridized carbons (Fsp3) is 0.227. The molecule has 0 saturated heterocycles. The van der Waals surface area contributed by atoms with E-state index in [0.29, 0.717) is 5.39 Å². The maximum absolute atomic E-state index is 12.4. The number of aromatic nitrogens is 4. The molecule has 0 radical (unpaired) electrons. The van der Waals surface area contributed by atoms with E-state index < -0.39 is 0 Å². The quantitative estimate of drug-likeness (QED) is 0.571. The summed E-state index contributed by atoms with van der Waals surface area (Å²) in [6.45, 7) is 4.28. The lowest BCUT2D eigenvalue weighted by molar-refractivity contribution is 0.526. The summed E-state index contributed by atoms with van der Waals surface area (Å²) in [5.74, 6) is -0.0819. The van der Waals surface area contributed by atoms with Crippen molar-refractivity contribution in [2.75, 3.05) is 5.32 Å². The van der Waals surface area contributed by atoms with Crippen LogP contribution in [0.3, 0.4) is 0 Å². The second kappa shape index (κ2) is 6.34. The Morgan fingerprint density at radius 2 is 1.89 bits per heavy atom. The molecule has 6 heteroatoms. The molecule has 0 amide bonds. The van der Waals surface area contributed by atoms with Crippen molar-refractivity contribution in [2.24, 2.45) is 0 Å². The molecule has 3 heterocycles. The van der Waals surface area contributed by atoms with Crippen LogP contribution in [0, 0.1) is 0 Å². The van der Waals surface area contributed by atoms with E-state index in [2.05, 4.69) is 51.0 Å². The average Bonchev–Trinajstić information content (AvgIpc) is 3.20. The first-order chi connectivity index (χ1) is 13.6. The largest absolute Gasteiger partial charge is 0.377 e. The van der Waals surface area contributed by atoms with Gasteiger partial charge in [-0.25, -0.2) is 10.1 Å². The molecule has 28 heavy (non-hydrogen) atoms. The summed E-state index contributed by atoms with van der Waals surface area (Å²) in [5, 5.41) is 12.5. The molecule has 6 nitrogen and oxygen atoms in total. The van der Waals surface area contributed by atoms with E-state index in [9.17, 15) is 4.79 Å². The molecule has 2 aromatic carbocycles. The molecule has 1 aliphatic rings. The van der Waals surface area contributed by atoms with Gasteiger partial charge in [0.05, 0.1) is 29.4 Å². The van der Waals surface area contributed by atoms with Gasteiger partial charge >= 0.3 is 0 Å². The fourth-order valence-corrected chi connectivity index (χ4v) is 4.23. The lowest BCUT2D eigenvalue weighted by atomic mass is 9.82. The molecule has 5 rings (SSSR count). The number of hydrogen-bond donors (Lipinski definition) is 2. The number of benzene rings is 2. The van der Waals surface area contributed by atoms with Crippen molar-refractivity contribution in [3.63, 3.8) is 0 Å². The highest BCUT2D eigenvalue weighted by Crippen LogP contribution is 2.46. The van der Waals surface area contributed by atoms with Gasteiger partial charge in [-0.05, 0) is 31.5 Å². The maximum atomic E-state index is 12.4. The van der Waals surface area contributed by atoms with Gasteiger partial charge in [0.2, 0.25) is 0 Å². The number of imidazole rings is 1. The summed E-state index contributed by atoms with van der Waals surface area (Å²) in [5.41, 5.74) is 3.88. The van der Waals surface area contributed by atoms with Gasteiger partial charge in [0.15, 0.2) is 0 Å². The third-order valence-corrected chi connectivity index (χ3v) is 5.51. The highest BCUT2D eigenvalue weighted by molar-refractivity contribution is 5.97. The molecule has 4 aromatic rings. The first kappa shape index (κ1) is 16.7. The summed E-state index contributed by atoms with van der Waals surface area (Å²) in [6.07, 6.45) is 3.78. The number of nitrogens with one attached hydrogen (secondary N) is 2. The van der Waals surface area contributed by atoms with Gasteiger partial charge in [0.25, 0.3) is 5.56 Å². The number of anilines is 1. The van der Waals surface area contributed by atoms with E-state index in [4.69, 9.17) is 0 Å². The fourth-order valence-electron chi connectivity index (χ4n) is 4.23. The second-order valence-corrected chi connectivity index (χ2v) is 7.50. The summed E-state index contributed by atoms with van der Waals surface area (Å²) in [7, 11) is 0. The molecule has 0 bridgehead atoms. The number of rotatable bonds is 3. The highest BCUT2D eigenvalue weighted by Gasteiger charge is 2.36. The van der Waals surface area contributed by atoms with Gasteiger partial charge in [-0.3, -0.25) is 4.79 Å². The Morgan fingerprint density at radius 3 is 2.68 bits per heavy atom. The van der Waals surface area contributed by atoms with Crippen LogP contribution in [0.25, 0.3) is 10.8 Å². The summed E-state index contributed by atoms with van der Waals surface area (Å²) in [6, 6.07) is 16.4. The van der Waals surface area contributed by atoms with Crippen molar-refractivity contribution < 1.29 is 0 Å². The first-order valence-corrected chi connectivity index (χ1v) is 9.49. The molecule has 0 fully saturated rings. The van der Waals surface area contributed by atoms with E-state index in [0.717, 1.165) is 22.5 Å². The van der Waals surface area contributed by atoms with Gasteiger partial charge in [-0.2, -0.15) is 5.10 Å². The van der Waals surface area contributed by atoms with Crippen LogP contribution >= 0.6 is 0 Å². The zero-order valence-corrected chi connectivity index (χ0v) is 15.8. The zero-order chi connectivity index (χ0) is 19.3. The Bertz CT molecular complexity index is 1210. The first-order valence-electron chi connectivity index (χ1n) is 9.49. The van der Waals surface area contributed by atoms with E-state index in [1.807, 2.05) is 48.9 Å². The lowest BCUT2D eigenvalue weighted by Crippen LogP contribution is -2.29. The maximum Gasteiger partial charge on any atom is 0.272 e. The van der Waals surface area contributed by atoms with Crippen molar-refractivity contribution in [3.05, 3.63) is 88.4 Å². The van der Waals surface area contributed by atoms with Crippen LogP contribution in [0.4, 0.5) is 5.69 Å². The Morgan fingerprint density at radius 1 is 1.07 bits per heavy atom. The van der Waals surface area contributed by atoms with E-state index in [1.165, 1.54) is 5.56 Å². The van der Waals surface area contributed by atoms with Crippen LogP contribution in [0.5, 0.6) is 0 Å². The summed E-state index contributed by atoms with van der Waals surface area (Å²) in [4.78, 5) is 16.8. The van der Waals surface area contributed by atoms with Crippen LogP contribution in [0.15, 0.2) is 65.8 Å². The van der Waals surface area contributed by atoms with Crippen molar-refractivity contribution in [1.82, 2.24) is 19.7 Å². The second-order valence-electron chi connectivity index (χ2n) is 7.50. The Kier molecular flexibility index (Phi) is 3.79. The molecule has 0 aliphatic carbocycles. The van der Waals surface area contributed by atoms with Crippen molar-refractivity contribution >= 4 is 16.5 Å². The third kappa shape index (κ3) is 2.45. The molecular formula is C22H21N5O. The van der Waals surface area contributed by atoms with E-state index in [1.54, 1.807) is 0 Å². The van der Waals surface area contributed by atoms with Crippen LogP contribution < -0.4 is 10.9 Å². The molecular weight excluding hydrogens is 350 g/mol. The molecule has 140 valence electrons. The summed E-state index contributed by atoms with van der Waals surface area (Å²) < 4.78 is 2.18. The minimum Gasteiger partial charge on any atom is -0.377 e. The summed E-state index contributed by atoms with van der Waals surface area (Å²) >= 11 is 0. The minimum atomic E-state index is -0.170. The smallest absolute Gasteiger partial charge is 0.272 e. The van der Waals surface area contributed by atoms with E-state index >= 15 is 0 Å². The number of nitrogens with zero attached hydrogens (tertiary/aromatic N) is 3. The van der Waals surface area contributed by atoms with Crippen molar-refractivity contribution in [1.29, 1.82) is 0 Å². The standard InChI is InChI=1S/C22H21N5O/c1-13(2)27-12-23-11-17(27)19-20(14-7-4-3-5-8-14)24-16-10-6-9-15-18(16)21(19)25-26-22(15)28/h3-13,19-20,24H,1-2H3,(H,26,28). The minimum absolute atomic E-state index is 0.0214. The zero-order valence-electron chi connectivity index (χ0n) is 15.8. The molecule has 1 aliphatic heterocycles. The van der Waals surface area contributed by atoms with Gasteiger partial charge in [0, 0.05) is 29.0 Å². The van der Waals surface area contributed by atoms with Gasteiger partial charge in [0.1, 0.15) is 0 Å². The van der Waals surface area contributed by atoms with Gasteiger partial charge in [-0.1, -0.05) is 36.4 Å². The van der Waals surface area contributed by atoms with Crippen LogP contribution in [-0.4, -0.2) is 19.7 Å². The molecule has 0 spiro atoms. The van der Waals surface area contributed by atoms with Gasteiger partial charge < -0.3 is 9.88 Å². The van der Waals surface area contributed by atoms with Crippen LogP contribution in [0.2, 0.25) is 0 Å². The molecule has 2 N–H and O–H groups in total. The SMILES string of the molecule is CC(C)n1cncc1C1c2n[nH]c(=O)c3cccc(c23)NC1c1ccccc1. The van der Waals surface area contributed by atoms with Gasteiger partial charge in [-0.15, -0.1) is 0 Å². The number of H-pyrrole nitrogens is 1. The van der Waals surface area contributed by atoms with Crippen LogP contribution in [0.1, 0.15) is 48.8 Å². The Hall–Kier alpha value is -3.41. The normalized spacial score (nSPS) is 18.4. The van der Waals surface area contributed by atoms with E-state index in [-0.39, 0.29) is 23.6 Å². The highest BCUT2D eigenvalue weighted by atomic mass is 16.1. The molecule has 2 atom stereocenters. The van der Waals surface area contributed by atoms with Crippen LogP contribution in [-0.2, 0) is 0 Å². The Labute approximate surface area is 162 Å². The molecule has 0 saturated carbocycles. The molecule has 2 aromatic heterocycles. The monoisotopic (exact) mass is 371 g/mol. The lowest BCUT2D eigenvalue weighted by Gasteiger charge is -2.35. The predicted octanol–water partition coefficient (Wildman–Crippen LogP) is 4.00. The third-order valence-electron chi connectivity index (χ3n) is 5.51. The molecule has 2 unspecified atom stereocenters. The van der Waals surface area contributed by atoms with Crippen molar-refractivity contribution in [3.8, 4) is 0 Å². The predicted molar refractivity (Wildman–Crippen MR) is 110 cm³/mol. The number of hydrogen-bond acceptors (Lipinski definition) is 4. The Balaban J connectivity index is 1.82. The topological polar surface area (TPSA) is 75.6 Å².